The van der Waals surface area contributed by atoms with E-state index in [1.165, 1.54) is 0 Å². The van der Waals surface area contributed by atoms with Crippen LogP contribution < -0.4 is 0 Å². The molecule has 2 rings (SSSR count). The topological polar surface area (TPSA) is 123 Å². The number of hydrogen-bond donors (Lipinski definition) is 4. The highest BCUT2D eigenvalue weighted by Crippen LogP contribution is 2.27. The molecule has 6 atom stereocenters. The normalized spacial score (nSPS) is 34.1. The van der Waals surface area contributed by atoms with Crippen molar-refractivity contribution in [1.29, 1.82) is 5.26 Å². The second-order valence-corrected chi connectivity index (χ2v) is 4.75. The van der Waals surface area contributed by atoms with Crippen molar-refractivity contribution in [2.45, 2.75) is 36.8 Å². The molecule has 0 radical (unpaired) electrons. The number of nitrogens with zero attached hydrogens (tertiary/aromatic N) is 1. The fraction of sp³-hybridized carbons (Fsp3) is 0.500. The van der Waals surface area contributed by atoms with Gasteiger partial charge in [0, 0.05) is 0 Å². The summed E-state index contributed by atoms with van der Waals surface area (Å²) in [4.78, 5) is 0. The van der Waals surface area contributed by atoms with Crippen molar-refractivity contribution < 1.29 is 29.9 Å². The number of aliphatic hydroxyl groups excluding tert-OH is 4. The minimum atomic E-state index is -1.53. The fourth-order valence-electron chi connectivity index (χ4n) is 2.13. The maximum atomic E-state index is 9.86. The Bertz CT molecular complexity index is 488. The highest BCUT2D eigenvalue weighted by Gasteiger charge is 2.44. The molecule has 4 N–H and O–H groups in total. The molecule has 0 aromatic heterocycles. The van der Waals surface area contributed by atoms with Crippen molar-refractivity contribution in [2.24, 2.45) is 0 Å². The molecule has 0 bridgehead atoms. The van der Waals surface area contributed by atoms with E-state index in [4.69, 9.17) is 19.8 Å². The molecule has 1 fully saturated rings. The summed E-state index contributed by atoms with van der Waals surface area (Å²) in [7, 11) is 0. The van der Waals surface area contributed by atoms with Crippen LogP contribution in [0.25, 0.3) is 0 Å². The van der Waals surface area contributed by atoms with Crippen molar-refractivity contribution in [3.05, 3.63) is 35.9 Å². The van der Waals surface area contributed by atoms with Crippen molar-refractivity contribution in [3.63, 3.8) is 0 Å². The van der Waals surface area contributed by atoms with E-state index in [0.29, 0.717) is 5.56 Å². The van der Waals surface area contributed by atoms with Crippen molar-refractivity contribution >= 4 is 0 Å². The Balaban J connectivity index is 2.12. The summed E-state index contributed by atoms with van der Waals surface area (Å²) in [5, 5.41) is 47.5. The Morgan fingerprint density at radius 1 is 1.14 bits per heavy atom. The average molecular weight is 295 g/mol. The molecule has 0 saturated carbocycles. The predicted octanol–water partition coefficient (Wildman–Crippen LogP) is -0.932. The van der Waals surface area contributed by atoms with Crippen LogP contribution in [0.3, 0.4) is 0 Å². The molecular formula is C14H17NO6. The zero-order valence-electron chi connectivity index (χ0n) is 11.1. The van der Waals surface area contributed by atoms with E-state index in [2.05, 4.69) is 0 Å². The summed E-state index contributed by atoms with van der Waals surface area (Å²) in [6, 6.07) is 10.5. The zero-order valence-corrected chi connectivity index (χ0v) is 11.1. The van der Waals surface area contributed by atoms with Gasteiger partial charge in [-0.25, -0.2) is 0 Å². The van der Waals surface area contributed by atoms with Gasteiger partial charge in [-0.2, -0.15) is 5.26 Å². The van der Waals surface area contributed by atoms with E-state index in [-0.39, 0.29) is 0 Å². The molecule has 1 aromatic carbocycles. The Morgan fingerprint density at radius 2 is 1.81 bits per heavy atom. The highest BCUT2D eigenvalue weighted by molar-refractivity contribution is 5.22. The van der Waals surface area contributed by atoms with Crippen LogP contribution in [-0.2, 0) is 9.47 Å². The molecule has 0 aliphatic carbocycles. The van der Waals surface area contributed by atoms with E-state index in [1.54, 1.807) is 30.3 Å². The third-order valence-electron chi connectivity index (χ3n) is 3.34. The largest absolute Gasteiger partial charge is 0.394 e. The lowest BCUT2D eigenvalue weighted by Gasteiger charge is -2.40. The quantitative estimate of drug-likeness (QED) is 0.565. The van der Waals surface area contributed by atoms with Crippen molar-refractivity contribution in [1.82, 2.24) is 0 Å². The Kier molecular flexibility index (Phi) is 5.25. The van der Waals surface area contributed by atoms with Crippen LogP contribution in [0.5, 0.6) is 0 Å². The fourth-order valence-corrected chi connectivity index (χ4v) is 2.13. The lowest BCUT2D eigenvalue weighted by atomic mass is 9.99. The summed E-state index contributed by atoms with van der Waals surface area (Å²) in [6.45, 7) is -0.548. The second-order valence-electron chi connectivity index (χ2n) is 4.75. The molecule has 1 heterocycles. The number of rotatable bonds is 4. The molecule has 0 amide bonds. The van der Waals surface area contributed by atoms with Gasteiger partial charge in [-0.15, -0.1) is 0 Å². The summed E-state index contributed by atoms with van der Waals surface area (Å²) in [6.07, 6.45) is -7.91. The van der Waals surface area contributed by atoms with Gasteiger partial charge >= 0.3 is 0 Å². The monoisotopic (exact) mass is 295 g/mol. The van der Waals surface area contributed by atoms with Crippen molar-refractivity contribution in [3.8, 4) is 6.07 Å². The first kappa shape index (κ1) is 15.9. The van der Waals surface area contributed by atoms with Crippen LogP contribution >= 0.6 is 0 Å². The first-order valence-electron chi connectivity index (χ1n) is 6.49. The van der Waals surface area contributed by atoms with Gasteiger partial charge in [0.1, 0.15) is 24.4 Å². The van der Waals surface area contributed by atoms with E-state index >= 15 is 0 Å². The molecule has 7 nitrogen and oxygen atoms in total. The smallest absolute Gasteiger partial charge is 0.188 e. The minimum absolute atomic E-state index is 0.548. The SMILES string of the molecule is N#C[C@H](O[C@H]1O[C@@H](CO)[C@H](O)[C@@H](O)[C@@H]1O)c1ccccc1. The Labute approximate surface area is 121 Å². The highest BCUT2D eigenvalue weighted by atomic mass is 16.7. The van der Waals surface area contributed by atoms with Crippen LogP contribution in [-0.4, -0.2) is 57.7 Å². The van der Waals surface area contributed by atoms with Gasteiger partial charge in [-0.1, -0.05) is 30.3 Å². The zero-order chi connectivity index (χ0) is 15.4. The molecule has 7 heteroatoms. The number of nitriles is 1. The van der Waals surface area contributed by atoms with Crippen molar-refractivity contribution in [2.75, 3.05) is 6.61 Å². The van der Waals surface area contributed by atoms with Crippen LogP contribution in [0.4, 0.5) is 0 Å². The van der Waals surface area contributed by atoms with E-state index in [0.717, 1.165) is 0 Å². The first-order valence-corrected chi connectivity index (χ1v) is 6.49. The summed E-state index contributed by atoms with van der Waals surface area (Å²) >= 11 is 0. The van der Waals surface area contributed by atoms with Gasteiger partial charge in [0.25, 0.3) is 0 Å². The minimum Gasteiger partial charge on any atom is -0.394 e. The third-order valence-corrected chi connectivity index (χ3v) is 3.34. The van der Waals surface area contributed by atoms with E-state index in [1.807, 2.05) is 6.07 Å². The lowest BCUT2D eigenvalue weighted by molar-refractivity contribution is -0.307. The van der Waals surface area contributed by atoms with E-state index in [9.17, 15) is 15.3 Å². The maximum absolute atomic E-state index is 9.86. The molecule has 21 heavy (non-hydrogen) atoms. The molecule has 1 aliphatic rings. The molecule has 114 valence electrons. The van der Waals surface area contributed by atoms with Crippen LogP contribution in [0, 0.1) is 11.3 Å². The van der Waals surface area contributed by atoms with Crippen LogP contribution in [0.1, 0.15) is 11.7 Å². The number of aliphatic hydroxyl groups is 4. The first-order chi connectivity index (χ1) is 10.1. The number of benzene rings is 1. The summed E-state index contributed by atoms with van der Waals surface area (Å²) in [5.74, 6) is 0. The molecule has 1 saturated heterocycles. The lowest BCUT2D eigenvalue weighted by Crippen LogP contribution is -2.59. The Morgan fingerprint density at radius 3 is 2.38 bits per heavy atom. The second kappa shape index (κ2) is 6.95. The van der Waals surface area contributed by atoms with Gasteiger partial charge in [0.2, 0.25) is 0 Å². The predicted molar refractivity (Wildman–Crippen MR) is 69.6 cm³/mol. The Hall–Kier alpha value is -1.53. The van der Waals surface area contributed by atoms with Gasteiger partial charge in [0.15, 0.2) is 12.4 Å². The third kappa shape index (κ3) is 3.39. The van der Waals surface area contributed by atoms with Crippen LogP contribution in [0.15, 0.2) is 30.3 Å². The maximum Gasteiger partial charge on any atom is 0.188 e. The standard InChI is InChI=1S/C14H17NO6/c15-6-9(8-4-2-1-3-5-8)20-14-13(19)12(18)11(17)10(7-16)21-14/h1-5,9-14,16-19H,7H2/t9-,10-,11-,12+,13-,14-/m0/s1. The van der Waals surface area contributed by atoms with Gasteiger partial charge < -0.3 is 29.9 Å². The molecule has 0 unspecified atom stereocenters. The summed E-state index contributed by atoms with van der Waals surface area (Å²) < 4.78 is 10.6. The summed E-state index contributed by atoms with van der Waals surface area (Å²) in [5.41, 5.74) is 0.567. The number of hydrogen-bond acceptors (Lipinski definition) is 7. The molecule has 1 aliphatic heterocycles. The van der Waals surface area contributed by atoms with Gasteiger partial charge in [-0.3, -0.25) is 0 Å². The van der Waals surface area contributed by atoms with Gasteiger partial charge in [-0.05, 0) is 5.56 Å². The van der Waals surface area contributed by atoms with E-state index < -0.39 is 43.4 Å². The van der Waals surface area contributed by atoms with Crippen LogP contribution in [0.2, 0.25) is 0 Å². The average Bonchev–Trinajstić information content (AvgIpc) is 2.53. The molecule has 1 aromatic rings. The molecular weight excluding hydrogens is 278 g/mol. The molecule has 0 spiro atoms. The number of ether oxygens (including phenoxy) is 2. The van der Waals surface area contributed by atoms with Gasteiger partial charge in [0.05, 0.1) is 12.7 Å².